The summed E-state index contributed by atoms with van der Waals surface area (Å²) in [4.78, 5) is 0. The summed E-state index contributed by atoms with van der Waals surface area (Å²) in [7, 11) is 0. The SMILES string of the molecule is BrCC=CCBr.C1CNCCN1. The number of alkyl halides is 2. The molecule has 1 saturated heterocycles. The molecule has 0 atom stereocenters. The molecule has 0 saturated carbocycles. The van der Waals surface area contributed by atoms with E-state index in [1.54, 1.807) is 0 Å². The van der Waals surface area contributed by atoms with Crippen molar-refractivity contribution in [2.45, 2.75) is 0 Å². The van der Waals surface area contributed by atoms with E-state index in [-0.39, 0.29) is 0 Å². The predicted octanol–water partition coefficient (Wildman–Crippen LogP) is 1.51. The maximum Gasteiger partial charge on any atom is 0.0212 e. The van der Waals surface area contributed by atoms with Gasteiger partial charge in [-0.25, -0.2) is 0 Å². The van der Waals surface area contributed by atoms with E-state index in [0.717, 1.165) is 36.8 Å². The van der Waals surface area contributed by atoms with Gasteiger partial charge < -0.3 is 10.6 Å². The van der Waals surface area contributed by atoms with Crippen molar-refractivity contribution >= 4 is 31.9 Å². The smallest absolute Gasteiger partial charge is 0.0212 e. The van der Waals surface area contributed by atoms with Crippen LogP contribution < -0.4 is 10.6 Å². The van der Waals surface area contributed by atoms with Gasteiger partial charge in [-0.3, -0.25) is 0 Å². The number of piperazine rings is 1. The first-order valence-corrected chi connectivity index (χ1v) is 6.34. The fourth-order valence-electron chi connectivity index (χ4n) is 0.730. The molecule has 1 fully saturated rings. The van der Waals surface area contributed by atoms with E-state index in [9.17, 15) is 0 Å². The number of allylic oxidation sites excluding steroid dienone is 2. The quantitative estimate of drug-likeness (QED) is 0.597. The molecule has 1 aliphatic rings. The molecule has 0 aromatic carbocycles. The van der Waals surface area contributed by atoms with Crippen LogP contribution in [-0.2, 0) is 0 Å². The second-order valence-corrected chi connectivity index (χ2v) is 3.57. The minimum atomic E-state index is 0.957. The number of hydrogen-bond donors (Lipinski definition) is 2. The third-order valence-corrected chi connectivity index (χ3v) is 2.05. The van der Waals surface area contributed by atoms with Gasteiger partial charge in [-0.2, -0.15) is 0 Å². The van der Waals surface area contributed by atoms with Gasteiger partial charge in [0.1, 0.15) is 0 Å². The average molecular weight is 300 g/mol. The maximum atomic E-state index is 3.24. The molecule has 0 aliphatic carbocycles. The van der Waals surface area contributed by atoms with E-state index in [1.165, 1.54) is 0 Å². The van der Waals surface area contributed by atoms with Crippen LogP contribution >= 0.6 is 31.9 Å². The minimum Gasteiger partial charge on any atom is -0.314 e. The van der Waals surface area contributed by atoms with Gasteiger partial charge in [0.2, 0.25) is 0 Å². The second kappa shape index (κ2) is 11.6. The van der Waals surface area contributed by atoms with Crippen LogP contribution in [0, 0.1) is 0 Å². The van der Waals surface area contributed by atoms with Gasteiger partial charge in [-0.05, 0) is 0 Å². The zero-order chi connectivity index (χ0) is 9.07. The van der Waals surface area contributed by atoms with Crippen LogP contribution in [0.3, 0.4) is 0 Å². The Balaban J connectivity index is 0.000000202. The molecule has 0 aromatic rings. The summed E-state index contributed by atoms with van der Waals surface area (Å²) in [6.07, 6.45) is 4.10. The number of hydrogen-bond acceptors (Lipinski definition) is 2. The van der Waals surface area contributed by atoms with E-state index < -0.39 is 0 Å². The van der Waals surface area contributed by atoms with E-state index in [4.69, 9.17) is 0 Å². The van der Waals surface area contributed by atoms with E-state index in [2.05, 4.69) is 54.6 Å². The molecule has 0 radical (unpaired) electrons. The Morgan fingerprint density at radius 3 is 1.33 bits per heavy atom. The highest BCUT2D eigenvalue weighted by Gasteiger charge is 1.91. The maximum absolute atomic E-state index is 3.24. The monoisotopic (exact) mass is 298 g/mol. The molecule has 0 bridgehead atoms. The number of halogens is 2. The van der Waals surface area contributed by atoms with E-state index in [1.807, 2.05) is 0 Å². The Labute approximate surface area is 91.4 Å². The van der Waals surface area contributed by atoms with Crippen LogP contribution in [0.5, 0.6) is 0 Å². The molecule has 12 heavy (non-hydrogen) atoms. The van der Waals surface area contributed by atoms with Gasteiger partial charge in [0.25, 0.3) is 0 Å². The molecule has 0 spiro atoms. The molecule has 2 N–H and O–H groups in total. The third kappa shape index (κ3) is 10.6. The first kappa shape index (κ1) is 12.6. The summed E-state index contributed by atoms with van der Waals surface area (Å²) < 4.78 is 0. The lowest BCUT2D eigenvalue weighted by molar-refractivity contribution is 0.534. The van der Waals surface area contributed by atoms with Crippen LogP contribution in [0.2, 0.25) is 0 Å². The topological polar surface area (TPSA) is 24.1 Å². The average Bonchev–Trinajstić information content (AvgIpc) is 2.18. The molecule has 72 valence electrons. The van der Waals surface area contributed by atoms with Gasteiger partial charge in [0, 0.05) is 36.8 Å². The van der Waals surface area contributed by atoms with E-state index >= 15 is 0 Å². The van der Waals surface area contributed by atoms with Gasteiger partial charge >= 0.3 is 0 Å². The molecular weight excluding hydrogens is 284 g/mol. The van der Waals surface area contributed by atoms with Crippen LogP contribution in [-0.4, -0.2) is 36.8 Å². The van der Waals surface area contributed by atoms with Crippen molar-refractivity contribution in [3.8, 4) is 0 Å². The minimum absolute atomic E-state index is 0.957. The molecule has 0 amide bonds. The molecule has 4 heteroatoms. The highest BCUT2D eigenvalue weighted by atomic mass is 79.9. The fourth-order valence-corrected chi connectivity index (χ4v) is 1.26. The second-order valence-electron chi connectivity index (χ2n) is 2.28. The normalized spacial score (nSPS) is 17.2. The number of nitrogens with one attached hydrogen (secondary N) is 2. The van der Waals surface area contributed by atoms with E-state index in [0.29, 0.717) is 0 Å². The van der Waals surface area contributed by atoms with Crippen molar-refractivity contribution in [2.24, 2.45) is 0 Å². The van der Waals surface area contributed by atoms with Crippen LogP contribution in [0.25, 0.3) is 0 Å². The predicted molar refractivity (Wildman–Crippen MR) is 62.5 cm³/mol. The Bertz CT molecular complexity index is 85.7. The zero-order valence-corrected chi connectivity index (χ0v) is 10.3. The van der Waals surface area contributed by atoms with Gasteiger partial charge in [0.15, 0.2) is 0 Å². The molecule has 1 heterocycles. The highest BCUT2D eigenvalue weighted by molar-refractivity contribution is 9.09. The lowest BCUT2D eigenvalue weighted by atomic mass is 10.4. The van der Waals surface area contributed by atoms with Crippen molar-refractivity contribution in [3.63, 3.8) is 0 Å². The van der Waals surface area contributed by atoms with Gasteiger partial charge in [-0.15, -0.1) is 0 Å². The lowest BCUT2D eigenvalue weighted by Gasteiger charge is -2.11. The van der Waals surface area contributed by atoms with Crippen LogP contribution in [0.1, 0.15) is 0 Å². The van der Waals surface area contributed by atoms with Crippen LogP contribution in [0.4, 0.5) is 0 Å². The largest absolute Gasteiger partial charge is 0.314 e. The summed E-state index contributed by atoms with van der Waals surface area (Å²) in [6, 6.07) is 0. The molecule has 0 aromatic heterocycles. The Kier molecular flexibility index (Phi) is 12.2. The van der Waals surface area contributed by atoms with Crippen molar-refractivity contribution in [1.29, 1.82) is 0 Å². The summed E-state index contributed by atoms with van der Waals surface area (Å²) in [5.74, 6) is 0. The summed E-state index contributed by atoms with van der Waals surface area (Å²) >= 11 is 6.49. The van der Waals surface area contributed by atoms with Crippen LogP contribution in [0.15, 0.2) is 12.2 Å². The summed E-state index contributed by atoms with van der Waals surface area (Å²) in [5.41, 5.74) is 0. The first-order chi connectivity index (χ1) is 5.91. The Hall–Kier alpha value is 0.620. The third-order valence-electron chi connectivity index (χ3n) is 1.30. The molecule has 1 rings (SSSR count). The Morgan fingerprint density at radius 2 is 1.17 bits per heavy atom. The number of rotatable bonds is 2. The molecule has 0 unspecified atom stereocenters. The van der Waals surface area contributed by atoms with Crippen molar-refractivity contribution in [1.82, 2.24) is 10.6 Å². The van der Waals surface area contributed by atoms with Crippen molar-refractivity contribution in [3.05, 3.63) is 12.2 Å². The fraction of sp³-hybridized carbons (Fsp3) is 0.750. The summed E-state index contributed by atoms with van der Waals surface area (Å²) in [6.45, 7) is 4.56. The summed E-state index contributed by atoms with van der Waals surface area (Å²) in [5, 5.41) is 8.36. The molecule has 1 aliphatic heterocycles. The highest BCUT2D eigenvalue weighted by Crippen LogP contribution is 1.84. The zero-order valence-electron chi connectivity index (χ0n) is 7.15. The standard InChI is InChI=1S/C4H6Br2.C4H10N2/c5-3-1-2-4-6;1-2-6-4-3-5-1/h1-2H,3-4H2;5-6H,1-4H2. The molecular formula is C8H16Br2N2. The van der Waals surface area contributed by atoms with Gasteiger partial charge in [-0.1, -0.05) is 44.0 Å². The Morgan fingerprint density at radius 1 is 0.833 bits per heavy atom. The first-order valence-electron chi connectivity index (χ1n) is 4.10. The van der Waals surface area contributed by atoms with Crippen molar-refractivity contribution in [2.75, 3.05) is 36.8 Å². The lowest BCUT2D eigenvalue weighted by Crippen LogP contribution is -2.39. The van der Waals surface area contributed by atoms with Crippen molar-refractivity contribution < 1.29 is 0 Å². The van der Waals surface area contributed by atoms with Gasteiger partial charge in [0.05, 0.1) is 0 Å². The molecule has 2 nitrogen and oxygen atoms in total.